The summed E-state index contributed by atoms with van der Waals surface area (Å²) in [5, 5.41) is 3.45. The van der Waals surface area contributed by atoms with Crippen molar-refractivity contribution in [1.29, 1.82) is 0 Å². The lowest BCUT2D eigenvalue weighted by Gasteiger charge is -2.29. The quantitative estimate of drug-likeness (QED) is 0.388. The van der Waals surface area contributed by atoms with Gasteiger partial charge >= 0.3 is 0 Å². The van der Waals surface area contributed by atoms with Crippen LogP contribution in [0.4, 0.5) is 0 Å². The maximum Gasteiger partial charge on any atom is 0.255 e. The van der Waals surface area contributed by atoms with E-state index in [-0.39, 0.29) is 30.4 Å². The zero-order chi connectivity index (χ0) is 30.2. The number of nitrogens with zero attached hydrogens (tertiary/aromatic N) is 3. The van der Waals surface area contributed by atoms with E-state index < -0.39 is 11.9 Å². The van der Waals surface area contributed by atoms with Crippen LogP contribution in [0.2, 0.25) is 0 Å². The number of piperidine rings is 1. The Hall–Kier alpha value is -4.02. The fraction of sp³-hybridized carbons (Fsp3) is 0.471. The van der Waals surface area contributed by atoms with E-state index in [4.69, 9.17) is 19.2 Å². The Morgan fingerprint density at radius 2 is 1.73 bits per heavy atom. The topological polar surface area (TPSA) is 110 Å². The molecule has 10 heteroatoms. The third-order valence-electron chi connectivity index (χ3n) is 9.40. The van der Waals surface area contributed by atoms with Crippen LogP contribution in [-0.2, 0) is 27.4 Å². The SMILES string of the molecule is CO[C@H]1CC[C@H](Oc2ccc3cc(CN4CC[C@H](Oc5ccc6c(c5)CN(C5CCC(=O)NC5=O)C6=O)C4)ccc3n2)CC1. The zero-order valence-electron chi connectivity index (χ0n) is 25.0. The highest BCUT2D eigenvalue weighted by atomic mass is 16.5. The molecule has 1 aromatic heterocycles. The number of rotatable bonds is 8. The largest absolute Gasteiger partial charge is 0.489 e. The molecule has 44 heavy (non-hydrogen) atoms. The Morgan fingerprint density at radius 1 is 0.886 bits per heavy atom. The van der Waals surface area contributed by atoms with Crippen LogP contribution < -0.4 is 14.8 Å². The van der Waals surface area contributed by atoms with Crippen molar-refractivity contribution < 1.29 is 28.6 Å². The average Bonchev–Trinajstić information content (AvgIpc) is 3.60. The molecule has 2 atom stereocenters. The van der Waals surface area contributed by atoms with Gasteiger partial charge in [-0.15, -0.1) is 0 Å². The highest BCUT2D eigenvalue weighted by molar-refractivity contribution is 6.05. The normalized spacial score (nSPS) is 25.8. The number of amides is 3. The summed E-state index contributed by atoms with van der Waals surface area (Å²) in [6, 6.07) is 15.4. The van der Waals surface area contributed by atoms with Gasteiger partial charge in [0.1, 0.15) is 24.0 Å². The van der Waals surface area contributed by atoms with Crippen LogP contribution in [0, 0.1) is 0 Å². The fourth-order valence-electron chi connectivity index (χ4n) is 6.99. The number of methoxy groups -OCH3 is 1. The molecule has 0 radical (unpaired) electrons. The lowest BCUT2D eigenvalue weighted by molar-refractivity contribution is -0.136. The number of aromatic nitrogens is 1. The number of nitrogens with one attached hydrogen (secondary N) is 1. The molecule has 0 spiro atoms. The molecular weight excluding hydrogens is 560 g/mol. The van der Waals surface area contributed by atoms with Crippen LogP contribution in [-0.4, -0.2) is 77.1 Å². The second-order valence-electron chi connectivity index (χ2n) is 12.4. The van der Waals surface area contributed by atoms with Gasteiger partial charge in [-0.3, -0.25) is 24.6 Å². The average molecular weight is 599 g/mol. The summed E-state index contributed by atoms with van der Waals surface area (Å²) in [5.41, 5.74) is 3.61. The van der Waals surface area contributed by atoms with Crippen LogP contribution >= 0.6 is 0 Å². The highest BCUT2D eigenvalue weighted by Crippen LogP contribution is 2.32. The van der Waals surface area contributed by atoms with Crippen molar-refractivity contribution in [2.45, 2.75) is 82.4 Å². The van der Waals surface area contributed by atoms with Crippen molar-refractivity contribution in [3.8, 4) is 11.6 Å². The predicted octanol–water partition coefficient (Wildman–Crippen LogP) is 3.99. The van der Waals surface area contributed by atoms with Crippen LogP contribution in [0.3, 0.4) is 0 Å². The number of hydrogen-bond donors (Lipinski definition) is 1. The van der Waals surface area contributed by atoms with Gasteiger partial charge in [-0.25, -0.2) is 4.98 Å². The van der Waals surface area contributed by atoms with Crippen LogP contribution in [0.25, 0.3) is 10.9 Å². The number of carbonyl (C=O) groups excluding carboxylic acids is 3. The van der Waals surface area contributed by atoms with Crippen molar-refractivity contribution in [1.82, 2.24) is 20.1 Å². The lowest BCUT2D eigenvalue weighted by atomic mass is 9.95. The molecule has 2 saturated heterocycles. The number of imide groups is 1. The molecule has 10 nitrogen and oxygen atoms in total. The third-order valence-corrected chi connectivity index (χ3v) is 9.40. The van der Waals surface area contributed by atoms with Gasteiger partial charge in [-0.05, 0) is 86.1 Å². The molecule has 1 saturated carbocycles. The third kappa shape index (κ3) is 6.01. The van der Waals surface area contributed by atoms with E-state index in [0.29, 0.717) is 30.5 Å². The van der Waals surface area contributed by atoms with E-state index in [1.54, 1.807) is 18.1 Å². The molecule has 2 aromatic carbocycles. The number of hydrogen-bond acceptors (Lipinski definition) is 8. The Balaban J connectivity index is 0.927. The van der Waals surface area contributed by atoms with Gasteiger partial charge < -0.3 is 19.1 Å². The molecule has 7 rings (SSSR count). The molecule has 3 aromatic rings. The Bertz CT molecular complexity index is 1590. The molecule has 3 aliphatic heterocycles. The van der Waals surface area contributed by atoms with Crippen LogP contribution in [0.1, 0.15) is 66.4 Å². The molecule has 230 valence electrons. The second-order valence-corrected chi connectivity index (χ2v) is 12.4. The van der Waals surface area contributed by atoms with E-state index in [1.165, 1.54) is 5.56 Å². The van der Waals surface area contributed by atoms with Gasteiger partial charge in [0.2, 0.25) is 17.7 Å². The van der Waals surface area contributed by atoms with Gasteiger partial charge in [0.05, 0.1) is 11.6 Å². The van der Waals surface area contributed by atoms with E-state index in [9.17, 15) is 14.4 Å². The van der Waals surface area contributed by atoms with Gasteiger partial charge in [0.15, 0.2) is 0 Å². The van der Waals surface area contributed by atoms with Crippen LogP contribution in [0.5, 0.6) is 11.6 Å². The molecule has 4 heterocycles. The number of pyridine rings is 1. The first kappa shape index (κ1) is 28.7. The second kappa shape index (κ2) is 12.2. The van der Waals surface area contributed by atoms with Crippen molar-refractivity contribution in [3.63, 3.8) is 0 Å². The summed E-state index contributed by atoms with van der Waals surface area (Å²) in [6.07, 6.45) is 6.15. The molecule has 3 fully saturated rings. The first-order valence-corrected chi connectivity index (χ1v) is 15.7. The summed E-state index contributed by atoms with van der Waals surface area (Å²) >= 11 is 0. The molecule has 1 unspecified atom stereocenters. The molecule has 3 amide bonds. The molecule has 1 aliphatic carbocycles. The molecule has 0 bridgehead atoms. The van der Waals surface area contributed by atoms with Crippen molar-refractivity contribution in [2.75, 3.05) is 20.2 Å². The summed E-state index contributed by atoms with van der Waals surface area (Å²) in [4.78, 5) is 45.6. The standard InChI is InChI=1S/C34H38N4O6/c1-42-24-4-6-25(7-5-24)44-32-13-3-22-16-21(2-10-29(22)35-32)18-37-15-14-27(20-37)43-26-8-9-28-23(17-26)19-38(34(28)41)30-11-12-31(39)36-33(30)40/h2-3,8-10,13,16-17,24-25,27,30H,4-7,11-12,14-15,18-20H2,1H3,(H,36,39,40)/t24-,25-,27-,30?/m0/s1. The predicted molar refractivity (Wildman–Crippen MR) is 162 cm³/mol. The van der Waals surface area contributed by atoms with Gasteiger partial charge in [0, 0.05) is 56.7 Å². The van der Waals surface area contributed by atoms with Crippen molar-refractivity contribution >= 4 is 28.6 Å². The minimum atomic E-state index is -0.618. The fourth-order valence-corrected chi connectivity index (χ4v) is 6.99. The van der Waals surface area contributed by atoms with E-state index in [1.807, 2.05) is 18.2 Å². The molecule has 1 N–H and O–H groups in total. The molecule has 4 aliphatic rings. The summed E-state index contributed by atoms with van der Waals surface area (Å²) < 4.78 is 18.0. The van der Waals surface area contributed by atoms with E-state index in [2.05, 4.69) is 34.5 Å². The summed E-state index contributed by atoms with van der Waals surface area (Å²) in [5.74, 6) is 0.555. The number of likely N-dealkylation sites (tertiary alicyclic amines) is 1. The zero-order valence-corrected chi connectivity index (χ0v) is 25.0. The Labute approximate surface area is 256 Å². The van der Waals surface area contributed by atoms with E-state index >= 15 is 0 Å². The maximum absolute atomic E-state index is 13.0. The highest BCUT2D eigenvalue weighted by Gasteiger charge is 2.39. The number of ether oxygens (including phenoxy) is 3. The molecular formula is C34H38N4O6. The Morgan fingerprint density at radius 3 is 2.55 bits per heavy atom. The first-order chi connectivity index (χ1) is 21.4. The van der Waals surface area contributed by atoms with Gasteiger partial charge in [-0.2, -0.15) is 0 Å². The maximum atomic E-state index is 13.0. The van der Waals surface area contributed by atoms with E-state index in [0.717, 1.165) is 74.0 Å². The number of benzene rings is 2. The smallest absolute Gasteiger partial charge is 0.255 e. The first-order valence-electron chi connectivity index (χ1n) is 15.7. The summed E-state index contributed by atoms with van der Waals surface area (Å²) in [6.45, 7) is 2.92. The minimum Gasteiger partial charge on any atom is -0.489 e. The summed E-state index contributed by atoms with van der Waals surface area (Å²) in [7, 11) is 1.78. The minimum absolute atomic E-state index is 0.0529. The number of carbonyl (C=O) groups is 3. The van der Waals surface area contributed by atoms with Gasteiger partial charge in [-0.1, -0.05) is 6.07 Å². The van der Waals surface area contributed by atoms with Crippen molar-refractivity contribution in [2.24, 2.45) is 0 Å². The lowest BCUT2D eigenvalue weighted by Crippen LogP contribution is -2.52. The van der Waals surface area contributed by atoms with Gasteiger partial charge in [0.25, 0.3) is 5.91 Å². The van der Waals surface area contributed by atoms with Crippen LogP contribution in [0.15, 0.2) is 48.5 Å². The monoisotopic (exact) mass is 598 g/mol. The Kier molecular flexibility index (Phi) is 7.95. The van der Waals surface area contributed by atoms with Crippen molar-refractivity contribution in [3.05, 3.63) is 65.2 Å². The number of fused-ring (bicyclic) bond motifs is 2.